The van der Waals surface area contributed by atoms with Crippen molar-refractivity contribution < 1.29 is 29.6 Å². The van der Waals surface area contributed by atoms with E-state index in [1.54, 1.807) is 24.3 Å². The summed E-state index contributed by atoms with van der Waals surface area (Å²) in [7, 11) is 0. The molecule has 4 N–H and O–H groups in total. The average Bonchev–Trinajstić information content (AvgIpc) is 3.09. The van der Waals surface area contributed by atoms with Gasteiger partial charge < -0.3 is 15.3 Å². The van der Waals surface area contributed by atoms with Gasteiger partial charge in [0.2, 0.25) is 0 Å². The zero-order valence-electron chi connectivity index (χ0n) is 33.5. The number of allylic oxidation sites excluding steroid dienone is 3. The fraction of sp³-hybridized carbons (Fsp3) is 0.739. The third kappa shape index (κ3) is 7.87. The minimum Gasteiger partial charge on any atom is -0.513 e. The minimum atomic E-state index is -2.08. The van der Waals surface area contributed by atoms with E-state index < -0.39 is 5.91 Å². The number of halogens is 1. The molecule has 5 aliphatic carbocycles. The number of unbranched alkanes of at least 4 members (excludes halogenated alkanes) is 1. The molecule has 0 aliphatic heterocycles. The summed E-state index contributed by atoms with van der Waals surface area (Å²) in [6.45, 7) is 18.4. The Kier molecular flexibility index (Phi) is 12.9. The number of fused-ring (bicyclic) bond motifs is 5. The lowest BCUT2D eigenvalue weighted by atomic mass is 9.38. The molecule has 0 amide bonds. The Labute approximate surface area is 319 Å². The molecule has 296 valence electrons. The van der Waals surface area contributed by atoms with Crippen LogP contribution >= 0.6 is 0 Å². The summed E-state index contributed by atoms with van der Waals surface area (Å²) in [6, 6.07) is 8.79. The molecule has 11 unspecified atom stereocenters. The predicted octanol–water partition coefficient (Wildman–Crippen LogP) is 9.81. The highest BCUT2D eigenvalue weighted by Crippen LogP contribution is 2.70. The molecule has 6 nitrogen and oxygen atoms in total. The first-order valence-corrected chi connectivity index (χ1v) is 21.0. The van der Waals surface area contributed by atoms with Crippen LogP contribution in [0.3, 0.4) is 0 Å². The summed E-state index contributed by atoms with van der Waals surface area (Å²) in [6.07, 6.45) is 14.2. The number of benzene rings is 1. The number of carbonyl (C=O) groups is 2. The van der Waals surface area contributed by atoms with Gasteiger partial charge in [-0.2, -0.15) is 0 Å². The van der Waals surface area contributed by atoms with Crippen molar-refractivity contribution in [1.82, 2.24) is 5.32 Å². The molecular formula is C46H70FNO5. The SMILES string of the molecule is C=C(O)C1CC(C(=O)CC2CCC3(C)C(CCC4(C)C5CCC/C(=C(\C(=O)CCCCNC(O)(O)c6ccccc6)C(C)C)C5CCC43)C2C)C1C.F. The lowest BCUT2D eigenvalue weighted by molar-refractivity contribution is -0.194. The second kappa shape index (κ2) is 16.4. The molecule has 7 heteroatoms. The topological polar surface area (TPSA) is 107 Å². The van der Waals surface area contributed by atoms with Crippen LogP contribution in [0.15, 0.2) is 53.8 Å². The lowest BCUT2D eigenvalue weighted by Crippen LogP contribution is -2.59. The van der Waals surface area contributed by atoms with Crippen LogP contribution in [0.1, 0.15) is 137 Å². The Morgan fingerprint density at radius 3 is 2.26 bits per heavy atom. The predicted molar refractivity (Wildman–Crippen MR) is 210 cm³/mol. The number of hydrogen-bond acceptors (Lipinski definition) is 6. The highest BCUT2D eigenvalue weighted by Gasteiger charge is 2.62. The Hall–Kier alpha value is -2.35. The van der Waals surface area contributed by atoms with Gasteiger partial charge in [-0.25, -0.2) is 0 Å². The van der Waals surface area contributed by atoms with Crippen LogP contribution in [0.4, 0.5) is 4.70 Å². The molecule has 1 aromatic rings. The van der Waals surface area contributed by atoms with E-state index in [0.29, 0.717) is 83.9 Å². The molecule has 5 aliphatic rings. The summed E-state index contributed by atoms with van der Waals surface area (Å²) in [5.74, 6) is 2.95. The molecule has 0 heterocycles. The highest BCUT2D eigenvalue weighted by atomic mass is 19.0. The van der Waals surface area contributed by atoms with E-state index in [-0.39, 0.29) is 39.6 Å². The zero-order chi connectivity index (χ0) is 37.6. The van der Waals surface area contributed by atoms with E-state index in [9.17, 15) is 24.9 Å². The number of carbonyl (C=O) groups excluding carboxylic acids is 2. The first-order valence-electron chi connectivity index (χ1n) is 21.0. The lowest BCUT2D eigenvalue weighted by Gasteiger charge is -2.66. The number of rotatable bonds is 13. The standard InChI is InChI=1S/C46H69NO5.FH/c1-28(2)43(40(49)18-11-12-25-47-46(51,52)33-14-9-8-10-15-33)35-16-13-17-39-34(35)19-20-42-44(6)23-21-32(29(3)38(44)22-24-45(39,42)7)26-41(50)37-27-36(30(37)4)31(5)48;/h8-10,14-15,28-30,32,34,36-39,42,47-48,51-52H,5,11-13,16-27H2,1-4,6-7H3;1H/b43-35+;. The van der Waals surface area contributed by atoms with E-state index >= 15 is 0 Å². The Morgan fingerprint density at radius 1 is 0.925 bits per heavy atom. The van der Waals surface area contributed by atoms with Crippen molar-refractivity contribution in [3.8, 4) is 0 Å². The average molecular weight is 736 g/mol. The maximum Gasteiger partial charge on any atom is 0.250 e. The van der Waals surface area contributed by atoms with Crippen molar-refractivity contribution in [2.45, 2.75) is 137 Å². The van der Waals surface area contributed by atoms with Crippen molar-refractivity contribution in [2.75, 3.05) is 6.54 Å². The van der Waals surface area contributed by atoms with Gasteiger partial charge in [0, 0.05) is 36.8 Å². The third-order valence-corrected chi connectivity index (χ3v) is 16.1. The quantitative estimate of drug-likeness (QED) is 0.0696. The van der Waals surface area contributed by atoms with Gasteiger partial charge in [0.15, 0.2) is 5.78 Å². The van der Waals surface area contributed by atoms with E-state index in [1.807, 2.05) is 6.07 Å². The maximum absolute atomic E-state index is 14.0. The van der Waals surface area contributed by atoms with Gasteiger partial charge >= 0.3 is 0 Å². The van der Waals surface area contributed by atoms with E-state index in [1.165, 1.54) is 50.5 Å². The molecule has 11 atom stereocenters. The number of nitrogens with one attached hydrogen (secondary N) is 1. The van der Waals surface area contributed by atoms with Crippen LogP contribution in [-0.4, -0.2) is 33.4 Å². The molecule has 5 saturated carbocycles. The summed E-state index contributed by atoms with van der Waals surface area (Å²) < 4.78 is 0. The van der Waals surface area contributed by atoms with Crippen LogP contribution < -0.4 is 5.32 Å². The van der Waals surface area contributed by atoms with Crippen LogP contribution in [-0.2, 0) is 15.5 Å². The number of ketones is 2. The fourth-order valence-electron chi connectivity index (χ4n) is 13.2. The first-order chi connectivity index (χ1) is 24.6. The van der Waals surface area contributed by atoms with Gasteiger partial charge in [0.1, 0.15) is 5.78 Å². The molecule has 5 fully saturated rings. The van der Waals surface area contributed by atoms with Gasteiger partial charge in [-0.1, -0.05) is 84.0 Å². The van der Waals surface area contributed by atoms with E-state index in [4.69, 9.17) is 0 Å². The van der Waals surface area contributed by atoms with E-state index in [0.717, 1.165) is 31.3 Å². The van der Waals surface area contributed by atoms with Crippen LogP contribution in [0, 0.1) is 70.0 Å². The van der Waals surface area contributed by atoms with E-state index in [2.05, 4.69) is 53.4 Å². The summed E-state index contributed by atoms with van der Waals surface area (Å²) in [4.78, 5) is 27.5. The maximum atomic E-state index is 14.0. The minimum absolute atomic E-state index is 0. The molecule has 0 radical (unpaired) electrons. The van der Waals surface area contributed by atoms with Crippen molar-refractivity contribution in [1.29, 1.82) is 0 Å². The normalized spacial score (nSPS) is 37.6. The second-order valence-corrected chi connectivity index (χ2v) is 19.0. The number of Topliss-reactive ketones (excluding diaryl/α,β-unsaturated/α-hetero) is 2. The molecular weight excluding hydrogens is 666 g/mol. The van der Waals surface area contributed by atoms with Gasteiger partial charge in [-0.15, -0.1) is 0 Å². The van der Waals surface area contributed by atoms with Gasteiger partial charge in [-0.3, -0.25) is 19.6 Å². The highest BCUT2D eigenvalue weighted by molar-refractivity contribution is 5.96. The Bertz CT molecular complexity index is 1500. The molecule has 0 spiro atoms. The van der Waals surface area contributed by atoms with Crippen molar-refractivity contribution in [3.05, 3.63) is 59.4 Å². The zero-order valence-corrected chi connectivity index (χ0v) is 33.5. The number of aliphatic hydroxyl groups is 3. The number of hydrogen-bond donors (Lipinski definition) is 4. The fourth-order valence-corrected chi connectivity index (χ4v) is 13.2. The smallest absolute Gasteiger partial charge is 0.250 e. The molecule has 1 aromatic carbocycles. The molecule has 6 rings (SSSR count). The van der Waals surface area contributed by atoms with Crippen LogP contribution in [0.25, 0.3) is 0 Å². The van der Waals surface area contributed by atoms with Gasteiger partial charge in [0.25, 0.3) is 5.91 Å². The Balaban J connectivity index is 0.00000541. The van der Waals surface area contributed by atoms with Crippen molar-refractivity contribution in [3.63, 3.8) is 0 Å². The second-order valence-electron chi connectivity index (χ2n) is 19.0. The van der Waals surface area contributed by atoms with Gasteiger partial charge in [0.05, 0.1) is 5.76 Å². The summed E-state index contributed by atoms with van der Waals surface area (Å²) in [5, 5.41) is 33.7. The summed E-state index contributed by atoms with van der Waals surface area (Å²) >= 11 is 0. The summed E-state index contributed by atoms with van der Waals surface area (Å²) in [5.41, 5.74) is 3.56. The number of aliphatic hydroxyl groups excluding tert-OH is 1. The Morgan fingerprint density at radius 2 is 1.60 bits per heavy atom. The molecule has 0 aromatic heterocycles. The van der Waals surface area contributed by atoms with Crippen LogP contribution in [0.2, 0.25) is 0 Å². The third-order valence-electron chi connectivity index (χ3n) is 16.1. The molecule has 0 bridgehead atoms. The van der Waals surface area contributed by atoms with Gasteiger partial charge in [-0.05, 0) is 141 Å². The van der Waals surface area contributed by atoms with Crippen molar-refractivity contribution in [2.24, 2.45) is 70.0 Å². The van der Waals surface area contributed by atoms with Crippen LogP contribution in [0.5, 0.6) is 0 Å². The molecule has 53 heavy (non-hydrogen) atoms. The largest absolute Gasteiger partial charge is 0.513 e. The van der Waals surface area contributed by atoms with Crippen molar-refractivity contribution >= 4 is 11.6 Å². The monoisotopic (exact) mass is 736 g/mol. The first kappa shape index (κ1) is 41.8. The molecule has 0 saturated heterocycles.